The molecule has 1 aliphatic heterocycles. The monoisotopic (exact) mass is 251 g/mol. The summed E-state index contributed by atoms with van der Waals surface area (Å²) >= 11 is 0. The largest absolute Gasteiger partial charge is 0.334 e. The van der Waals surface area contributed by atoms with E-state index in [1.54, 1.807) is 12.1 Å². The molecule has 1 aromatic rings. The lowest BCUT2D eigenvalue weighted by Gasteiger charge is -2.23. The van der Waals surface area contributed by atoms with Gasteiger partial charge < -0.3 is 16.0 Å². The minimum absolute atomic E-state index is 0.173. The number of nitrogens with one attached hydrogen (secondary N) is 3. The van der Waals surface area contributed by atoms with E-state index in [1.807, 2.05) is 0 Å². The van der Waals surface area contributed by atoms with Crippen LogP contribution in [0.2, 0.25) is 0 Å². The molecule has 0 saturated carbocycles. The first-order valence-corrected chi connectivity index (χ1v) is 6.23. The number of benzene rings is 1. The third-order valence-electron chi connectivity index (χ3n) is 3.00. The van der Waals surface area contributed by atoms with Crippen molar-refractivity contribution in [1.29, 1.82) is 0 Å². The van der Waals surface area contributed by atoms with Crippen molar-refractivity contribution in [1.82, 2.24) is 16.0 Å². The zero-order chi connectivity index (χ0) is 12.8. The van der Waals surface area contributed by atoms with Gasteiger partial charge in [0.1, 0.15) is 5.82 Å². The van der Waals surface area contributed by atoms with Crippen LogP contribution in [0, 0.1) is 5.82 Å². The van der Waals surface area contributed by atoms with Gasteiger partial charge in [-0.05, 0) is 37.1 Å². The lowest BCUT2D eigenvalue weighted by atomic mass is 10.1. The molecular formula is C13H18FN3O. The van der Waals surface area contributed by atoms with Gasteiger partial charge in [-0.1, -0.05) is 12.1 Å². The van der Waals surface area contributed by atoms with Crippen LogP contribution in [-0.2, 0) is 6.54 Å². The Labute approximate surface area is 106 Å². The fourth-order valence-corrected chi connectivity index (χ4v) is 2.00. The molecule has 1 unspecified atom stereocenters. The first-order valence-electron chi connectivity index (χ1n) is 6.23. The molecule has 1 fully saturated rings. The fraction of sp³-hybridized carbons (Fsp3) is 0.462. The van der Waals surface area contributed by atoms with Crippen LogP contribution < -0.4 is 16.0 Å². The van der Waals surface area contributed by atoms with Crippen LogP contribution in [0.3, 0.4) is 0 Å². The van der Waals surface area contributed by atoms with Gasteiger partial charge in [0.25, 0.3) is 0 Å². The zero-order valence-corrected chi connectivity index (χ0v) is 10.2. The number of amides is 2. The number of carbonyl (C=O) groups excluding carboxylic acids is 1. The van der Waals surface area contributed by atoms with Gasteiger partial charge in [-0.25, -0.2) is 9.18 Å². The number of urea groups is 1. The van der Waals surface area contributed by atoms with Gasteiger partial charge in [0.2, 0.25) is 0 Å². The van der Waals surface area contributed by atoms with Crippen molar-refractivity contribution < 1.29 is 9.18 Å². The van der Waals surface area contributed by atoms with Crippen LogP contribution in [-0.4, -0.2) is 25.2 Å². The van der Waals surface area contributed by atoms with Crippen molar-refractivity contribution in [2.75, 3.05) is 13.1 Å². The minimum Gasteiger partial charge on any atom is -0.334 e. The molecule has 98 valence electrons. The third kappa shape index (κ3) is 4.00. The maximum atomic E-state index is 12.7. The Bertz CT molecular complexity index is 388. The second-order valence-corrected chi connectivity index (χ2v) is 4.50. The number of rotatable bonds is 3. The summed E-state index contributed by atoms with van der Waals surface area (Å²) in [7, 11) is 0. The van der Waals surface area contributed by atoms with E-state index in [0.717, 1.165) is 31.5 Å². The predicted octanol–water partition coefficient (Wildman–Crippen LogP) is 1.38. The molecule has 1 saturated heterocycles. The van der Waals surface area contributed by atoms with Gasteiger partial charge in [-0.2, -0.15) is 0 Å². The summed E-state index contributed by atoms with van der Waals surface area (Å²) < 4.78 is 12.7. The van der Waals surface area contributed by atoms with Crippen LogP contribution in [0.4, 0.5) is 9.18 Å². The minimum atomic E-state index is -0.267. The summed E-state index contributed by atoms with van der Waals surface area (Å²) in [5, 5.41) is 8.92. The van der Waals surface area contributed by atoms with E-state index in [2.05, 4.69) is 16.0 Å². The molecule has 1 heterocycles. The topological polar surface area (TPSA) is 53.2 Å². The molecule has 1 atom stereocenters. The Morgan fingerprint density at radius 2 is 2.17 bits per heavy atom. The van der Waals surface area contributed by atoms with Crippen molar-refractivity contribution in [3.05, 3.63) is 35.6 Å². The Kier molecular flexibility index (Phi) is 4.52. The number of carbonyl (C=O) groups is 1. The van der Waals surface area contributed by atoms with Crippen LogP contribution >= 0.6 is 0 Å². The number of hydrogen-bond donors (Lipinski definition) is 3. The fourth-order valence-electron chi connectivity index (χ4n) is 2.00. The van der Waals surface area contributed by atoms with Crippen LogP contribution in [0.25, 0.3) is 0 Å². The van der Waals surface area contributed by atoms with Gasteiger partial charge in [0, 0.05) is 19.1 Å². The SMILES string of the molecule is O=C(NCc1ccc(F)cc1)NC1CCCNC1. The van der Waals surface area contributed by atoms with Gasteiger partial charge in [-0.15, -0.1) is 0 Å². The number of piperidine rings is 1. The van der Waals surface area contributed by atoms with Crippen LogP contribution in [0.1, 0.15) is 18.4 Å². The molecular weight excluding hydrogens is 233 g/mol. The van der Waals surface area contributed by atoms with Gasteiger partial charge in [-0.3, -0.25) is 0 Å². The first-order chi connectivity index (χ1) is 8.74. The molecule has 0 aromatic heterocycles. The number of hydrogen-bond acceptors (Lipinski definition) is 2. The van der Waals surface area contributed by atoms with Crippen molar-refractivity contribution in [2.24, 2.45) is 0 Å². The van der Waals surface area contributed by atoms with Crippen molar-refractivity contribution in [2.45, 2.75) is 25.4 Å². The van der Waals surface area contributed by atoms with Crippen molar-refractivity contribution >= 4 is 6.03 Å². The summed E-state index contributed by atoms with van der Waals surface area (Å²) in [4.78, 5) is 11.6. The highest BCUT2D eigenvalue weighted by atomic mass is 19.1. The molecule has 2 amide bonds. The van der Waals surface area contributed by atoms with Crippen molar-refractivity contribution in [3.63, 3.8) is 0 Å². The summed E-state index contributed by atoms with van der Waals surface area (Å²) in [5.41, 5.74) is 0.883. The second-order valence-electron chi connectivity index (χ2n) is 4.50. The highest BCUT2D eigenvalue weighted by Crippen LogP contribution is 2.03. The number of halogens is 1. The highest BCUT2D eigenvalue weighted by Gasteiger charge is 2.14. The summed E-state index contributed by atoms with van der Waals surface area (Å²) in [6, 6.07) is 6.13. The Morgan fingerprint density at radius 3 is 2.83 bits per heavy atom. The average molecular weight is 251 g/mol. The molecule has 1 aromatic carbocycles. The highest BCUT2D eigenvalue weighted by molar-refractivity contribution is 5.74. The van der Waals surface area contributed by atoms with E-state index in [0.29, 0.717) is 6.54 Å². The summed E-state index contributed by atoms with van der Waals surface area (Å²) in [6.07, 6.45) is 2.10. The van der Waals surface area contributed by atoms with Gasteiger partial charge in [0.05, 0.1) is 0 Å². The Morgan fingerprint density at radius 1 is 1.39 bits per heavy atom. The maximum Gasteiger partial charge on any atom is 0.315 e. The van der Waals surface area contributed by atoms with Crippen LogP contribution in [0.15, 0.2) is 24.3 Å². The maximum absolute atomic E-state index is 12.7. The summed E-state index contributed by atoms with van der Waals surface area (Å²) in [6.45, 7) is 2.26. The van der Waals surface area contributed by atoms with Gasteiger partial charge in [0.15, 0.2) is 0 Å². The van der Waals surface area contributed by atoms with Gasteiger partial charge >= 0.3 is 6.03 Å². The Balaban J connectivity index is 1.72. The normalized spacial score (nSPS) is 19.3. The van der Waals surface area contributed by atoms with E-state index in [-0.39, 0.29) is 17.9 Å². The van der Waals surface area contributed by atoms with E-state index in [1.165, 1.54) is 12.1 Å². The lowest BCUT2D eigenvalue weighted by Crippen LogP contribution is -2.48. The molecule has 1 aliphatic rings. The van der Waals surface area contributed by atoms with E-state index >= 15 is 0 Å². The smallest absolute Gasteiger partial charge is 0.315 e. The lowest BCUT2D eigenvalue weighted by molar-refractivity contribution is 0.233. The molecule has 5 heteroatoms. The van der Waals surface area contributed by atoms with Crippen molar-refractivity contribution in [3.8, 4) is 0 Å². The molecule has 2 rings (SSSR count). The second kappa shape index (κ2) is 6.35. The molecule has 0 bridgehead atoms. The zero-order valence-electron chi connectivity index (χ0n) is 10.2. The van der Waals surface area contributed by atoms with Crippen LogP contribution in [0.5, 0.6) is 0 Å². The summed E-state index contributed by atoms with van der Waals surface area (Å²) in [5.74, 6) is -0.267. The van der Waals surface area contributed by atoms with E-state index in [4.69, 9.17) is 0 Å². The third-order valence-corrected chi connectivity index (χ3v) is 3.00. The standard InChI is InChI=1S/C13H18FN3O/c14-11-5-3-10(4-6-11)8-16-13(18)17-12-2-1-7-15-9-12/h3-6,12,15H,1-2,7-9H2,(H2,16,17,18). The molecule has 0 aliphatic carbocycles. The Hall–Kier alpha value is -1.62. The molecule has 0 spiro atoms. The molecule has 4 nitrogen and oxygen atoms in total. The molecule has 3 N–H and O–H groups in total. The quantitative estimate of drug-likeness (QED) is 0.760. The molecule has 0 radical (unpaired) electrons. The first kappa shape index (κ1) is 12.8. The van der Waals surface area contributed by atoms with E-state index < -0.39 is 0 Å². The van der Waals surface area contributed by atoms with E-state index in [9.17, 15) is 9.18 Å². The molecule has 18 heavy (non-hydrogen) atoms. The average Bonchev–Trinajstić information content (AvgIpc) is 2.39. The predicted molar refractivity (Wildman–Crippen MR) is 67.7 cm³/mol.